The summed E-state index contributed by atoms with van der Waals surface area (Å²) < 4.78 is 46.4. The number of alkyl halides is 3. The van der Waals surface area contributed by atoms with Crippen molar-refractivity contribution in [2.45, 2.75) is 19.8 Å². The molecule has 0 spiro atoms. The number of esters is 1. The van der Waals surface area contributed by atoms with Gasteiger partial charge in [0.1, 0.15) is 5.75 Å². The number of hydrogen-bond donors (Lipinski definition) is 2. The molecule has 1 heterocycles. The van der Waals surface area contributed by atoms with Gasteiger partial charge in [0, 0.05) is 32.7 Å². The summed E-state index contributed by atoms with van der Waals surface area (Å²) >= 11 is 0. The molecule has 0 aromatic heterocycles. The number of hydrogen-bond acceptors (Lipinski definition) is 6. The number of nitrogens with one attached hydrogen (secondary N) is 1. The topological polar surface area (TPSA) is 76.8 Å². The van der Waals surface area contributed by atoms with Crippen molar-refractivity contribution in [3.8, 4) is 5.75 Å². The number of piperazine rings is 1. The lowest BCUT2D eigenvalue weighted by Crippen LogP contribution is -2.43. The van der Waals surface area contributed by atoms with Gasteiger partial charge in [0.2, 0.25) is 0 Å². The van der Waals surface area contributed by atoms with E-state index < -0.39 is 18.1 Å². The van der Waals surface area contributed by atoms with Crippen LogP contribution in [0.4, 0.5) is 18.9 Å². The lowest BCUT2D eigenvalue weighted by molar-refractivity contribution is -0.274. The Morgan fingerprint density at radius 3 is 2.58 bits per heavy atom. The summed E-state index contributed by atoms with van der Waals surface area (Å²) in [5.41, 5.74) is 6.38. The average Bonchev–Trinajstić information content (AvgIpc) is 2.50. The fraction of sp³-hybridized carbons (Fsp3) is 0.533. The molecule has 0 saturated carbocycles. The third-order valence-corrected chi connectivity index (χ3v) is 3.57. The highest BCUT2D eigenvalue weighted by molar-refractivity contribution is 5.96. The van der Waals surface area contributed by atoms with E-state index in [4.69, 9.17) is 10.5 Å². The molecule has 1 aliphatic heterocycles. The molecule has 2 rings (SSSR count). The first-order chi connectivity index (χ1) is 11.3. The van der Waals surface area contributed by atoms with Gasteiger partial charge in [0.15, 0.2) is 0 Å². The molecule has 1 fully saturated rings. The van der Waals surface area contributed by atoms with E-state index in [1.165, 1.54) is 6.07 Å². The summed E-state index contributed by atoms with van der Waals surface area (Å²) in [6, 6.07) is 2.18. The molecule has 1 aromatic carbocycles. The maximum atomic E-state index is 12.5. The maximum Gasteiger partial charge on any atom is 0.573 e. The Kier molecular flexibility index (Phi) is 5.89. The van der Waals surface area contributed by atoms with Crippen LogP contribution in [0.5, 0.6) is 5.75 Å². The summed E-state index contributed by atoms with van der Waals surface area (Å²) in [7, 11) is 0. The van der Waals surface area contributed by atoms with Crippen LogP contribution in [-0.4, -0.2) is 50.0 Å². The quantitative estimate of drug-likeness (QED) is 0.624. The molecule has 1 saturated heterocycles. The minimum absolute atomic E-state index is 0.0930. The number of benzene rings is 1. The monoisotopic (exact) mass is 347 g/mol. The number of carbonyl (C=O) groups excluding carboxylic acids is 1. The van der Waals surface area contributed by atoms with Gasteiger partial charge >= 0.3 is 12.3 Å². The number of halogens is 3. The standard InChI is InChI=1S/C15H20F3N3O3/c1-2-23-14(22)12-8-11(24-15(16,17)18)7-10(13(12)19)9-21-5-3-20-4-6-21/h7-8,20H,2-6,9,19H2,1H3. The molecule has 0 atom stereocenters. The predicted molar refractivity (Wildman–Crippen MR) is 81.6 cm³/mol. The van der Waals surface area contributed by atoms with Crippen LogP contribution in [0, 0.1) is 0 Å². The second-order valence-electron chi connectivity index (χ2n) is 5.34. The molecule has 134 valence electrons. The molecular weight excluding hydrogens is 327 g/mol. The third-order valence-electron chi connectivity index (χ3n) is 3.57. The van der Waals surface area contributed by atoms with Crippen molar-refractivity contribution in [3.05, 3.63) is 23.3 Å². The minimum atomic E-state index is -4.85. The van der Waals surface area contributed by atoms with Crippen LogP contribution in [0.25, 0.3) is 0 Å². The lowest BCUT2D eigenvalue weighted by atomic mass is 10.1. The van der Waals surface area contributed by atoms with Gasteiger partial charge in [-0.3, -0.25) is 4.90 Å². The average molecular weight is 347 g/mol. The normalized spacial score (nSPS) is 16.0. The molecular formula is C15H20F3N3O3. The predicted octanol–water partition coefficient (Wildman–Crippen LogP) is 1.75. The number of nitrogens with zero attached hydrogens (tertiary/aromatic N) is 1. The van der Waals surface area contributed by atoms with Crippen LogP contribution in [-0.2, 0) is 11.3 Å². The fourth-order valence-corrected chi connectivity index (χ4v) is 2.50. The molecule has 0 radical (unpaired) electrons. The Labute approximate surface area is 137 Å². The van der Waals surface area contributed by atoms with Gasteiger partial charge in [-0.1, -0.05) is 0 Å². The molecule has 1 aliphatic rings. The Balaban J connectivity index is 2.33. The second-order valence-corrected chi connectivity index (χ2v) is 5.34. The fourth-order valence-electron chi connectivity index (χ4n) is 2.50. The maximum absolute atomic E-state index is 12.5. The highest BCUT2D eigenvalue weighted by atomic mass is 19.4. The van der Waals surface area contributed by atoms with Crippen LogP contribution in [0.1, 0.15) is 22.8 Å². The number of ether oxygens (including phenoxy) is 2. The zero-order valence-electron chi connectivity index (χ0n) is 13.3. The van der Waals surface area contributed by atoms with E-state index in [0.29, 0.717) is 12.1 Å². The number of carbonyl (C=O) groups is 1. The van der Waals surface area contributed by atoms with E-state index in [2.05, 4.69) is 10.1 Å². The van der Waals surface area contributed by atoms with Crippen molar-refractivity contribution >= 4 is 11.7 Å². The van der Waals surface area contributed by atoms with E-state index in [-0.39, 0.29) is 17.9 Å². The van der Waals surface area contributed by atoms with Gasteiger partial charge in [0.05, 0.1) is 17.9 Å². The first-order valence-electron chi connectivity index (χ1n) is 7.58. The van der Waals surface area contributed by atoms with Crippen molar-refractivity contribution in [2.24, 2.45) is 0 Å². The van der Waals surface area contributed by atoms with Crippen molar-refractivity contribution in [1.29, 1.82) is 0 Å². The molecule has 0 amide bonds. The largest absolute Gasteiger partial charge is 0.573 e. The van der Waals surface area contributed by atoms with Gasteiger partial charge in [-0.2, -0.15) is 0 Å². The smallest absolute Gasteiger partial charge is 0.462 e. The Hall–Kier alpha value is -2.00. The highest BCUT2D eigenvalue weighted by Gasteiger charge is 2.32. The lowest BCUT2D eigenvalue weighted by Gasteiger charge is -2.28. The van der Waals surface area contributed by atoms with E-state index in [1.807, 2.05) is 4.90 Å². The number of rotatable bonds is 5. The van der Waals surface area contributed by atoms with Gasteiger partial charge in [-0.25, -0.2) is 4.79 Å². The van der Waals surface area contributed by atoms with Crippen molar-refractivity contribution in [3.63, 3.8) is 0 Å². The van der Waals surface area contributed by atoms with E-state index in [1.54, 1.807) is 6.92 Å². The molecule has 1 aromatic rings. The van der Waals surface area contributed by atoms with Crippen molar-refractivity contribution in [2.75, 3.05) is 38.5 Å². The summed E-state index contributed by atoms with van der Waals surface area (Å²) in [6.07, 6.45) is -4.85. The molecule has 9 heteroatoms. The summed E-state index contributed by atoms with van der Waals surface area (Å²) in [6.45, 7) is 5.06. The first-order valence-corrected chi connectivity index (χ1v) is 7.58. The summed E-state index contributed by atoms with van der Waals surface area (Å²) in [4.78, 5) is 14.0. The zero-order valence-corrected chi connectivity index (χ0v) is 13.3. The first kappa shape index (κ1) is 18.3. The molecule has 6 nitrogen and oxygen atoms in total. The Morgan fingerprint density at radius 2 is 2.00 bits per heavy atom. The number of nitrogen functional groups attached to an aromatic ring is 1. The summed E-state index contributed by atoms with van der Waals surface area (Å²) in [5.74, 6) is -1.26. The third kappa shape index (κ3) is 5.00. The van der Waals surface area contributed by atoms with E-state index in [9.17, 15) is 18.0 Å². The number of anilines is 1. The molecule has 0 aliphatic carbocycles. The van der Waals surface area contributed by atoms with Gasteiger partial charge in [0.25, 0.3) is 0 Å². The molecule has 3 N–H and O–H groups in total. The Morgan fingerprint density at radius 1 is 1.33 bits per heavy atom. The van der Waals surface area contributed by atoms with Crippen LogP contribution < -0.4 is 15.8 Å². The van der Waals surface area contributed by atoms with Gasteiger partial charge in [-0.05, 0) is 24.6 Å². The van der Waals surface area contributed by atoms with Crippen molar-refractivity contribution in [1.82, 2.24) is 10.2 Å². The minimum Gasteiger partial charge on any atom is -0.462 e. The highest BCUT2D eigenvalue weighted by Crippen LogP contribution is 2.30. The Bertz CT molecular complexity index is 587. The SMILES string of the molecule is CCOC(=O)c1cc(OC(F)(F)F)cc(CN2CCNCC2)c1N. The summed E-state index contributed by atoms with van der Waals surface area (Å²) in [5, 5.41) is 3.18. The van der Waals surface area contributed by atoms with E-state index in [0.717, 1.165) is 32.2 Å². The molecule has 0 unspecified atom stereocenters. The van der Waals surface area contributed by atoms with Gasteiger partial charge < -0.3 is 20.5 Å². The van der Waals surface area contributed by atoms with E-state index >= 15 is 0 Å². The van der Waals surface area contributed by atoms with Crippen LogP contribution in [0.3, 0.4) is 0 Å². The van der Waals surface area contributed by atoms with Crippen LogP contribution in [0.2, 0.25) is 0 Å². The molecule has 24 heavy (non-hydrogen) atoms. The zero-order chi connectivity index (χ0) is 17.7. The number of nitrogens with two attached hydrogens (primary N) is 1. The van der Waals surface area contributed by atoms with Gasteiger partial charge in [-0.15, -0.1) is 13.2 Å². The molecule has 0 bridgehead atoms. The van der Waals surface area contributed by atoms with Crippen LogP contribution in [0.15, 0.2) is 12.1 Å². The van der Waals surface area contributed by atoms with Crippen molar-refractivity contribution < 1.29 is 27.4 Å². The second kappa shape index (κ2) is 7.71. The van der Waals surface area contributed by atoms with Crippen LogP contribution >= 0.6 is 0 Å².